The van der Waals surface area contributed by atoms with Crippen LogP contribution in [0.15, 0.2) is 6.07 Å². The van der Waals surface area contributed by atoms with E-state index in [9.17, 15) is 5.11 Å². The van der Waals surface area contributed by atoms with Crippen molar-refractivity contribution in [1.82, 2.24) is 0 Å². The van der Waals surface area contributed by atoms with Crippen molar-refractivity contribution in [2.45, 2.75) is 12.8 Å². The average Bonchev–Trinajstić information content (AvgIpc) is 2.36. The maximum Gasteiger partial charge on any atom is 0.168 e. The Bertz CT molecular complexity index is 393. The summed E-state index contributed by atoms with van der Waals surface area (Å²) >= 11 is 6.10. The van der Waals surface area contributed by atoms with Crippen molar-refractivity contribution in [1.29, 1.82) is 0 Å². The fraction of sp³-hybridized carbons (Fsp3) is 0.500. The van der Waals surface area contributed by atoms with E-state index in [1.807, 2.05) is 6.92 Å². The van der Waals surface area contributed by atoms with Crippen LogP contribution in [0.2, 0.25) is 5.02 Å². The van der Waals surface area contributed by atoms with Crippen LogP contribution < -0.4 is 14.2 Å². The van der Waals surface area contributed by atoms with Crippen LogP contribution in [0.25, 0.3) is 0 Å². The van der Waals surface area contributed by atoms with Gasteiger partial charge in [-0.15, -0.1) is 0 Å². The summed E-state index contributed by atoms with van der Waals surface area (Å²) in [4.78, 5) is 0. The Hall–Kier alpha value is -1.13. The summed E-state index contributed by atoms with van der Waals surface area (Å²) in [5, 5.41) is 9.72. The molecule has 17 heavy (non-hydrogen) atoms. The highest BCUT2D eigenvalue weighted by molar-refractivity contribution is 6.32. The summed E-state index contributed by atoms with van der Waals surface area (Å²) in [5.74, 6) is 1.40. The fourth-order valence-electron chi connectivity index (χ4n) is 1.72. The molecule has 0 fully saturated rings. The molecule has 0 amide bonds. The minimum absolute atomic E-state index is 0.0315. The molecule has 1 aromatic rings. The van der Waals surface area contributed by atoms with Crippen molar-refractivity contribution < 1.29 is 19.3 Å². The first-order valence-corrected chi connectivity index (χ1v) is 5.57. The topological polar surface area (TPSA) is 47.9 Å². The van der Waals surface area contributed by atoms with Crippen molar-refractivity contribution in [3.63, 3.8) is 0 Å². The molecule has 1 rings (SSSR count). The van der Waals surface area contributed by atoms with E-state index in [4.69, 9.17) is 25.8 Å². The van der Waals surface area contributed by atoms with Crippen molar-refractivity contribution in [3.05, 3.63) is 16.7 Å². The molecule has 1 atom stereocenters. The lowest BCUT2D eigenvalue weighted by Gasteiger charge is -2.20. The maximum absolute atomic E-state index is 9.29. The predicted molar refractivity (Wildman–Crippen MR) is 66.6 cm³/mol. The largest absolute Gasteiger partial charge is 0.495 e. The molecule has 5 heteroatoms. The SMILES string of the molecule is COc1cc(Cl)c(OC)c(C(C)CO)c1OC. The molecule has 0 aromatic heterocycles. The van der Waals surface area contributed by atoms with Crippen molar-refractivity contribution in [2.75, 3.05) is 27.9 Å². The third-order valence-corrected chi connectivity index (χ3v) is 2.86. The van der Waals surface area contributed by atoms with Gasteiger partial charge >= 0.3 is 0 Å². The minimum Gasteiger partial charge on any atom is -0.495 e. The molecule has 1 N–H and O–H groups in total. The number of aliphatic hydroxyl groups is 1. The summed E-state index contributed by atoms with van der Waals surface area (Å²) in [7, 11) is 4.60. The molecule has 0 aliphatic rings. The van der Waals surface area contributed by atoms with Gasteiger partial charge in [-0.2, -0.15) is 0 Å². The second-order valence-corrected chi connectivity index (χ2v) is 4.03. The molecule has 0 saturated carbocycles. The molecular formula is C12H17ClO4. The van der Waals surface area contributed by atoms with Gasteiger partial charge in [0.25, 0.3) is 0 Å². The van der Waals surface area contributed by atoms with Crippen LogP contribution in [0.1, 0.15) is 18.4 Å². The maximum atomic E-state index is 9.29. The van der Waals surface area contributed by atoms with Crippen LogP contribution in [0.3, 0.4) is 0 Å². The molecular weight excluding hydrogens is 244 g/mol. The number of hydrogen-bond acceptors (Lipinski definition) is 4. The Labute approximate surface area is 106 Å². The Kier molecular flexibility index (Phi) is 4.90. The zero-order valence-electron chi connectivity index (χ0n) is 10.4. The van der Waals surface area contributed by atoms with Gasteiger partial charge in [-0.1, -0.05) is 18.5 Å². The zero-order chi connectivity index (χ0) is 13.0. The lowest BCUT2D eigenvalue weighted by atomic mass is 9.99. The fourth-order valence-corrected chi connectivity index (χ4v) is 2.00. The third kappa shape index (κ3) is 2.58. The molecule has 0 spiro atoms. The van der Waals surface area contributed by atoms with E-state index in [0.717, 1.165) is 0 Å². The Morgan fingerprint density at radius 3 is 2.18 bits per heavy atom. The molecule has 96 valence electrons. The van der Waals surface area contributed by atoms with Crippen molar-refractivity contribution in [2.24, 2.45) is 0 Å². The van der Waals surface area contributed by atoms with Gasteiger partial charge in [-0.05, 0) is 0 Å². The lowest BCUT2D eigenvalue weighted by Crippen LogP contribution is -2.06. The van der Waals surface area contributed by atoms with Crippen molar-refractivity contribution in [3.8, 4) is 17.2 Å². The van der Waals surface area contributed by atoms with Gasteiger partial charge in [-0.25, -0.2) is 0 Å². The van der Waals surface area contributed by atoms with Crippen LogP contribution in [0.5, 0.6) is 17.2 Å². The van der Waals surface area contributed by atoms with E-state index in [1.165, 1.54) is 14.2 Å². The molecule has 0 radical (unpaired) electrons. The van der Waals surface area contributed by atoms with Gasteiger partial charge in [0.1, 0.15) is 5.75 Å². The quantitative estimate of drug-likeness (QED) is 0.884. The van der Waals surface area contributed by atoms with Gasteiger partial charge < -0.3 is 19.3 Å². The van der Waals surface area contributed by atoms with E-state index < -0.39 is 0 Å². The Balaban J connectivity index is 3.52. The van der Waals surface area contributed by atoms with E-state index in [2.05, 4.69) is 0 Å². The predicted octanol–water partition coefficient (Wildman–Crippen LogP) is 2.46. The minimum atomic E-state index is -0.160. The zero-order valence-corrected chi connectivity index (χ0v) is 11.2. The summed E-state index contributed by atoms with van der Waals surface area (Å²) in [6, 6.07) is 1.63. The summed E-state index contributed by atoms with van der Waals surface area (Å²) < 4.78 is 15.8. The first kappa shape index (κ1) is 13.9. The van der Waals surface area contributed by atoms with Crippen LogP contribution in [-0.2, 0) is 0 Å². The molecule has 1 aromatic carbocycles. The standard InChI is InChI=1S/C12H17ClO4/c1-7(6-14)10-11(16-3)8(13)5-9(15-2)12(10)17-4/h5,7,14H,6H2,1-4H3. The van der Waals surface area contributed by atoms with Gasteiger partial charge in [0.05, 0.1) is 26.4 Å². The Morgan fingerprint density at radius 1 is 1.18 bits per heavy atom. The van der Waals surface area contributed by atoms with Gasteiger partial charge in [-0.3, -0.25) is 0 Å². The summed E-state index contributed by atoms with van der Waals surface area (Å²) in [6.45, 7) is 1.83. The monoisotopic (exact) mass is 260 g/mol. The molecule has 4 nitrogen and oxygen atoms in total. The normalized spacial score (nSPS) is 12.1. The van der Waals surface area contributed by atoms with E-state index in [-0.39, 0.29) is 12.5 Å². The van der Waals surface area contributed by atoms with E-state index >= 15 is 0 Å². The first-order valence-electron chi connectivity index (χ1n) is 5.19. The molecule has 0 saturated heterocycles. The molecule has 0 aliphatic heterocycles. The molecule has 0 bridgehead atoms. The second-order valence-electron chi connectivity index (χ2n) is 3.62. The number of halogens is 1. The second kappa shape index (κ2) is 5.98. The van der Waals surface area contributed by atoms with Crippen molar-refractivity contribution >= 4 is 11.6 Å². The van der Waals surface area contributed by atoms with Gasteiger partial charge in [0.2, 0.25) is 0 Å². The number of ether oxygens (including phenoxy) is 3. The summed E-state index contributed by atoms with van der Waals surface area (Å²) in [5.41, 5.74) is 0.710. The van der Waals surface area contributed by atoms with Gasteiger partial charge in [0, 0.05) is 24.2 Å². The number of aliphatic hydroxyl groups excluding tert-OH is 1. The van der Waals surface area contributed by atoms with E-state index in [1.54, 1.807) is 13.2 Å². The van der Waals surface area contributed by atoms with E-state index in [0.29, 0.717) is 27.8 Å². The molecule has 1 unspecified atom stereocenters. The number of rotatable bonds is 5. The lowest BCUT2D eigenvalue weighted by molar-refractivity contribution is 0.264. The van der Waals surface area contributed by atoms with Crippen LogP contribution in [-0.4, -0.2) is 33.0 Å². The third-order valence-electron chi connectivity index (χ3n) is 2.58. The molecule has 0 aliphatic carbocycles. The number of benzene rings is 1. The highest BCUT2D eigenvalue weighted by Crippen LogP contribution is 2.46. The highest BCUT2D eigenvalue weighted by Gasteiger charge is 2.23. The highest BCUT2D eigenvalue weighted by atomic mass is 35.5. The van der Waals surface area contributed by atoms with Crippen LogP contribution >= 0.6 is 11.6 Å². The number of methoxy groups -OCH3 is 3. The molecule has 0 heterocycles. The van der Waals surface area contributed by atoms with Crippen LogP contribution in [0.4, 0.5) is 0 Å². The van der Waals surface area contributed by atoms with Crippen LogP contribution in [0, 0.1) is 0 Å². The number of hydrogen-bond donors (Lipinski definition) is 1. The smallest absolute Gasteiger partial charge is 0.168 e. The first-order chi connectivity index (χ1) is 8.10. The Morgan fingerprint density at radius 2 is 1.76 bits per heavy atom. The van der Waals surface area contributed by atoms with Gasteiger partial charge in [0.15, 0.2) is 11.5 Å². The summed E-state index contributed by atoms with van der Waals surface area (Å²) in [6.07, 6.45) is 0. The average molecular weight is 261 g/mol.